The van der Waals surface area contributed by atoms with Crippen LogP contribution >= 0.6 is 20.1 Å². The summed E-state index contributed by atoms with van der Waals surface area (Å²) >= 11 is -1.57. The van der Waals surface area contributed by atoms with E-state index in [1.54, 1.807) is 0 Å². The molecule has 3 heteroatoms. The molecule has 0 aliphatic heterocycles. The topological polar surface area (TPSA) is 30.9 Å². The Morgan fingerprint density at radius 3 is 1.64 bits per heavy atom. The van der Waals surface area contributed by atoms with Crippen molar-refractivity contribution in [2.45, 2.75) is 17.3 Å². The number of rotatable bonds is 5. The Hall–Kier alpha value is -4.71. The first-order valence-electron chi connectivity index (χ1n) is 16.1. The summed E-state index contributed by atoms with van der Waals surface area (Å²) < 4.78 is 8.99. The van der Waals surface area contributed by atoms with Crippen molar-refractivity contribution in [1.29, 1.82) is 0 Å². The second kappa shape index (κ2) is 10.7. The molecule has 9 aromatic rings. The van der Waals surface area contributed by atoms with Gasteiger partial charge in [-0.15, -0.1) is 0 Å². The first-order valence-corrected chi connectivity index (χ1v) is 20.6. The predicted molar refractivity (Wildman–Crippen MR) is 213 cm³/mol. The number of hydrogen-bond acceptors (Lipinski definition) is 1. The number of nitrogens with two attached hydrogens (primary N) is 1. The summed E-state index contributed by atoms with van der Waals surface area (Å²) in [5.74, 6) is 0. The molecule has 228 valence electrons. The normalized spacial score (nSPS) is 12.6. The van der Waals surface area contributed by atoms with Gasteiger partial charge < -0.3 is 4.57 Å². The molecule has 0 aliphatic carbocycles. The summed E-state index contributed by atoms with van der Waals surface area (Å²) in [5, 5.41) is 10.5. The van der Waals surface area contributed by atoms with E-state index in [9.17, 15) is 0 Å². The van der Waals surface area contributed by atoms with Gasteiger partial charge in [-0.2, -0.15) is 0 Å². The molecular weight excluding hydrogens is 683 g/mol. The van der Waals surface area contributed by atoms with Crippen molar-refractivity contribution in [2.75, 3.05) is 4.93 Å². The summed E-state index contributed by atoms with van der Waals surface area (Å²) in [7, 11) is 0. The summed E-state index contributed by atoms with van der Waals surface area (Å²) in [6.45, 7) is 4.62. The molecule has 0 amide bonds. The zero-order chi connectivity index (χ0) is 31.9. The van der Waals surface area contributed by atoms with E-state index >= 15 is 0 Å². The van der Waals surface area contributed by atoms with E-state index in [0.29, 0.717) is 0 Å². The number of para-hydroxylation sites is 2. The minimum absolute atomic E-state index is 0.0482. The summed E-state index contributed by atoms with van der Waals surface area (Å²) in [5.41, 5.74) is 9.93. The van der Waals surface area contributed by atoms with E-state index in [-0.39, 0.29) is 3.42 Å². The van der Waals surface area contributed by atoms with E-state index in [2.05, 4.69) is 169 Å². The van der Waals surface area contributed by atoms with Crippen molar-refractivity contribution in [1.82, 2.24) is 4.57 Å². The van der Waals surface area contributed by atoms with Crippen LogP contribution < -0.4 is 3.95 Å². The maximum absolute atomic E-state index is 6.57. The molecule has 1 aromatic heterocycles. The number of benzene rings is 8. The Morgan fingerprint density at radius 1 is 0.511 bits per heavy atom. The van der Waals surface area contributed by atoms with Crippen LogP contribution in [0.2, 0.25) is 0 Å². The first kappa shape index (κ1) is 28.5. The molecule has 0 radical (unpaired) electrons. The van der Waals surface area contributed by atoms with Gasteiger partial charge in [-0.3, -0.25) is 0 Å². The molecule has 0 unspecified atom stereocenters. The quantitative estimate of drug-likeness (QED) is 0.0817. The van der Waals surface area contributed by atoms with E-state index < -0.39 is 20.1 Å². The molecule has 47 heavy (non-hydrogen) atoms. The molecule has 9 rings (SSSR count). The Bertz CT molecular complexity index is 2540. The second-order valence-corrected chi connectivity index (χ2v) is 18.8. The number of alkyl halides is 2. The van der Waals surface area contributed by atoms with E-state index in [0.717, 1.165) is 0 Å². The molecule has 2 nitrogen and oxygen atoms in total. The fraction of sp³-hybridized carbons (Fsp3) is 0.0909. The molecule has 0 aliphatic rings. The van der Waals surface area contributed by atoms with Gasteiger partial charge in [0.1, 0.15) is 0 Å². The third-order valence-electron chi connectivity index (χ3n) is 10.3. The number of aromatic nitrogens is 1. The van der Waals surface area contributed by atoms with Gasteiger partial charge in [-0.05, 0) is 29.8 Å². The molecule has 0 atom stereocenters. The number of hydrogen-bond donors (Lipinski definition) is 1. The molecule has 0 spiro atoms. The van der Waals surface area contributed by atoms with Crippen molar-refractivity contribution in [3.63, 3.8) is 0 Å². The predicted octanol–water partition coefficient (Wildman–Crippen LogP) is 12.3. The van der Waals surface area contributed by atoms with Gasteiger partial charge in [-0.1, -0.05) is 48.5 Å². The van der Waals surface area contributed by atoms with Crippen molar-refractivity contribution < 1.29 is 0 Å². The number of nitrogens with zero attached hydrogens (tertiary/aromatic N) is 1. The van der Waals surface area contributed by atoms with Crippen molar-refractivity contribution in [3.05, 3.63) is 151 Å². The van der Waals surface area contributed by atoms with Gasteiger partial charge in [0.05, 0.1) is 11.0 Å². The first-order chi connectivity index (χ1) is 22.9. The second-order valence-electron chi connectivity index (χ2n) is 13.2. The Balaban J connectivity index is 1.09. The Kier molecular flexibility index (Phi) is 6.47. The van der Waals surface area contributed by atoms with Crippen LogP contribution in [0.15, 0.2) is 146 Å². The van der Waals surface area contributed by atoms with Gasteiger partial charge in [-0.25, -0.2) is 0 Å². The molecule has 8 aromatic carbocycles. The Morgan fingerprint density at radius 2 is 1.02 bits per heavy atom. The van der Waals surface area contributed by atoms with Crippen LogP contribution in [0, 0.1) is 0 Å². The van der Waals surface area contributed by atoms with E-state index in [4.69, 9.17) is 3.95 Å². The van der Waals surface area contributed by atoms with Crippen LogP contribution in [0.3, 0.4) is 0 Å². The van der Waals surface area contributed by atoms with E-state index in [1.807, 2.05) is 0 Å². The fourth-order valence-corrected chi connectivity index (χ4v) is 8.73. The van der Waals surface area contributed by atoms with Crippen LogP contribution in [0.4, 0.5) is 0 Å². The van der Waals surface area contributed by atoms with Crippen LogP contribution in [-0.2, 0) is 3.42 Å². The molecule has 2 N–H and O–H groups in total. The van der Waals surface area contributed by atoms with E-state index in [1.165, 1.54) is 87.6 Å². The average molecular weight is 719 g/mol. The van der Waals surface area contributed by atoms with Gasteiger partial charge >= 0.3 is 174 Å². The van der Waals surface area contributed by atoms with Gasteiger partial charge in [0.25, 0.3) is 0 Å². The fourth-order valence-electron chi connectivity index (χ4n) is 7.43. The van der Waals surface area contributed by atoms with Gasteiger partial charge in [0.15, 0.2) is 0 Å². The zero-order valence-corrected chi connectivity index (χ0v) is 28.9. The van der Waals surface area contributed by atoms with Crippen LogP contribution in [0.5, 0.6) is 0 Å². The molecule has 0 bridgehead atoms. The molecular formula is C44H35IN2. The molecule has 0 fully saturated rings. The average Bonchev–Trinajstić information content (AvgIpc) is 3.45. The van der Waals surface area contributed by atoms with Gasteiger partial charge in [0, 0.05) is 16.5 Å². The van der Waals surface area contributed by atoms with Crippen molar-refractivity contribution in [3.8, 4) is 27.9 Å². The molecule has 1 heterocycles. The number of halogens is 1. The third-order valence-corrected chi connectivity index (χ3v) is 15.1. The summed E-state index contributed by atoms with van der Waals surface area (Å²) in [6.07, 6.45) is 0. The third kappa shape index (κ3) is 4.41. The van der Waals surface area contributed by atoms with Crippen LogP contribution in [0.25, 0.3) is 82.1 Å². The summed E-state index contributed by atoms with van der Waals surface area (Å²) in [4.78, 5) is 2.26. The van der Waals surface area contributed by atoms with Crippen LogP contribution in [-0.4, -0.2) is 9.50 Å². The van der Waals surface area contributed by atoms with Crippen molar-refractivity contribution >= 4 is 74.2 Å². The van der Waals surface area contributed by atoms with Gasteiger partial charge in [0.2, 0.25) is 0 Å². The molecule has 0 saturated carbocycles. The zero-order valence-electron chi connectivity index (χ0n) is 26.8. The Labute approximate surface area is 282 Å². The molecule has 0 saturated heterocycles. The SMILES string of the molecule is CI(N)C(C)(C)c1cc2ccc3ccc(-c4ccc(-c5ccc(-n6c7ccccc7c7ccccc76)cc5)cc4)c4ccc(c1)c2c34. The minimum atomic E-state index is -1.57. The van der Waals surface area contributed by atoms with Crippen molar-refractivity contribution in [2.24, 2.45) is 3.95 Å². The number of fused-ring (bicyclic) bond motifs is 3. The summed E-state index contributed by atoms with van der Waals surface area (Å²) in [6, 6.07) is 53.9. The maximum atomic E-state index is 6.57. The monoisotopic (exact) mass is 718 g/mol. The standard InChI is InChI=1S/C44H35IN2/c1-44(2,45(3)46)34-26-32-17-16-31-20-24-36(39-25-21-33(27-34)42(32)43(31)39)30-14-12-28(13-15-30)29-18-22-35(23-19-29)47-40-10-6-4-8-37(40)38-9-5-7-11-41(38)47/h4-27H,46H2,1-3H3. The van der Waals surface area contributed by atoms with Crippen LogP contribution in [0.1, 0.15) is 19.4 Å².